The van der Waals surface area contributed by atoms with Crippen LogP contribution in [0.4, 0.5) is 0 Å². The Hall–Kier alpha value is -1.46. The predicted molar refractivity (Wildman–Crippen MR) is 87.2 cm³/mol. The largest absolute Gasteiger partial charge is 0.429 e. The number of ether oxygens (including phenoxy) is 1. The molecule has 4 nitrogen and oxygen atoms in total. The number of nitrogens with zero attached hydrogens (tertiary/aromatic N) is 2. The molecule has 1 N–H and O–H groups in total. The van der Waals surface area contributed by atoms with E-state index in [9.17, 15) is 0 Å². The molecule has 2 aromatic rings. The minimum absolute atomic E-state index is 0.0264. The zero-order valence-electron chi connectivity index (χ0n) is 13.4. The van der Waals surface area contributed by atoms with E-state index in [1.165, 1.54) is 22.5 Å². The summed E-state index contributed by atoms with van der Waals surface area (Å²) in [6.45, 7) is 12.4. The number of rotatable bonds is 5. The zero-order chi connectivity index (χ0) is 15.5. The number of nitrogens with one attached hydrogen (secondary N) is 1. The van der Waals surface area contributed by atoms with Gasteiger partial charge in [-0.25, -0.2) is 0 Å². The Morgan fingerprint density at radius 3 is 2.67 bits per heavy atom. The maximum absolute atomic E-state index is 5.97. The minimum atomic E-state index is 0.0264. The number of aromatic nitrogens is 2. The van der Waals surface area contributed by atoms with Crippen LogP contribution in [0.2, 0.25) is 0 Å². The normalized spacial score (nSPS) is 11.7. The molecule has 0 spiro atoms. The Morgan fingerprint density at radius 2 is 2.00 bits per heavy atom. The second kappa shape index (κ2) is 6.54. The van der Waals surface area contributed by atoms with E-state index in [2.05, 4.69) is 62.3 Å². The molecular weight excluding hydrogens is 282 g/mol. The molecule has 0 atom stereocenters. The number of hydrogen-bond acceptors (Lipinski definition) is 5. The molecule has 21 heavy (non-hydrogen) atoms. The van der Waals surface area contributed by atoms with E-state index in [0.717, 1.165) is 23.8 Å². The molecule has 0 saturated heterocycles. The highest BCUT2D eigenvalue weighted by Gasteiger charge is 2.20. The maximum atomic E-state index is 5.97. The third kappa shape index (κ3) is 4.25. The summed E-state index contributed by atoms with van der Waals surface area (Å²) in [6, 6.07) is 6.25. The number of aryl methyl sites for hydroxylation is 1. The molecule has 0 radical (unpaired) electrons. The average Bonchev–Trinajstić information content (AvgIpc) is 2.85. The summed E-state index contributed by atoms with van der Waals surface area (Å²) in [5.41, 5.74) is 2.45. The lowest BCUT2D eigenvalue weighted by molar-refractivity contribution is 0.448. The number of hydrogen-bond donors (Lipinski definition) is 1. The third-order valence-corrected chi connectivity index (χ3v) is 3.92. The van der Waals surface area contributed by atoms with Crippen molar-refractivity contribution in [2.45, 2.75) is 46.6 Å². The fraction of sp³-hybridized carbons (Fsp3) is 0.500. The summed E-state index contributed by atoms with van der Waals surface area (Å²) >= 11 is 1.48. The van der Waals surface area contributed by atoms with Crippen molar-refractivity contribution in [1.29, 1.82) is 0 Å². The van der Waals surface area contributed by atoms with Crippen LogP contribution < -0.4 is 10.1 Å². The van der Waals surface area contributed by atoms with Gasteiger partial charge in [0, 0.05) is 12.1 Å². The zero-order valence-corrected chi connectivity index (χ0v) is 14.2. The Balaban J connectivity index is 2.21. The summed E-state index contributed by atoms with van der Waals surface area (Å²) in [5, 5.41) is 13.0. The van der Waals surface area contributed by atoms with Gasteiger partial charge in [-0.3, -0.25) is 0 Å². The summed E-state index contributed by atoms with van der Waals surface area (Å²) in [7, 11) is 0. The van der Waals surface area contributed by atoms with Gasteiger partial charge < -0.3 is 10.1 Å². The van der Waals surface area contributed by atoms with Gasteiger partial charge in [-0.15, -0.1) is 5.10 Å². The van der Waals surface area contributed by atoms with Gasteiger partial charge in [0.2, 0.25) is 0 Å². The minimum Gasteiger partial charge on any atom is -0.429 e. The van der Waals surface area contributed by atoms with Gasteiger partial charge in [0.05, 0.1) is 0 Å². The first kappa shape index (κ1) is 15.9. The van der Waals surface area contributed by atoms with Crippen LogP contribution in [-0.4, -0.2) is 16.7 Å². The molecule has 0 aliphatic heterocycles. The van der Waals surface area contributed by atoms with E-state index >= 15 is 0 Å². The summed E-state index contributed by atoms with van der Waals surface area (Å²) in [4.78, 5) is 0. The van der Waals surface area contributed by atoms with Gasteiger partial charge in [-0.1, -0.05) is 61.8 Å². The van der Waals surface area contributed by atoms with Crippen molar-refractivity contribution in [1.82, 2.24) is 15.5 Å². The highest BCUT2D eigenvalue weighted by atomic mass is 32.1. The first-order chi connectivity index (χ1) is 9.90. The van der Waals surface area contributed by atoms with Crippen molar-refractivity contribution in [2.75, 3.05) is 6.54 Å². The van der Waals surface area contributed by atoms with Gasteiger partial charge in [0.25, 0.3) is 5.19 Å². The maximum Gasteiger partial charge on any atom is 0.299 e. The molecule has 2 rings (SSSR count). The van der Waals surface area contributed by atoms with Crippen LogP contribution in [0.15, 0.2) is 18.2 Å². The van der Waals surface area contributed by atoms with Gasteiger partial charge in [0.15, 0.2) is 0 Å². The van der Waals surface area contributed by atoms with E-state index in [-0.39, 0.29) is 5.41 Å². The van der Waals surface area contributed by atoms with Crippen LogP contribution in [-0.2, 0) is 12.0 Å². The Morgan fingerprint density at radius 1 is 1.24 bits per heavy atom. The molecule has 1 aromatic heterocycles. The molecule has 1 aromatic carbocycles. The van der Waals surface area contributed by atoms with Crippen molar-refractivity contribution in [2.24, 2.45) is 0 Å². The van der Waals surface area contributed by atoms with Crippen LogP contribution in [0.25, 0.3) is 0 Å². The topological polar surface area (TPSA) is 47.0 Å². The van der Waals surface area contributed by atoms with Gasteiger partial charge >= 0.3 is 0 Å². The highest BCUT2D eigenvalue weighted by Crippen LogP contribution is 2.35. The van der Waals surface area contributed by atoms with Crippen molar-refractivity contribution in [3.63, 3.8) is 0 Å². The summed E-state index contributed by atoms with van der Waals surface area (Å²) < 4.78 is 5.97. The van der Waals surface area contributed by atoms with E-state index in [1.54, 1.807) is 0 Å². The van der Waals surface area contributed by atoms with E-state index in [1.807, 2.05) is 6.07 Å². The molecule has 0 aliphatic rings. The average molecular weight is 305 g/mol. The Kier molecular flexibility index (Phi) is 4.96. The van der Waals surface area contributed by atoms with Crippen molar-refractivity contribution >= 4 is 11.3 Å². The van der Waals surface area contributed by atoms with E-state index in [4.69, 9.17) is 4.74 Å². The van der Waals surface area contributed by atoms with Crippen LogP contribution in [0.1, 0.15) is 43.8 Å². The lowest BCUT2D eigenvalue weighted by atomic mass is 9.85. The fourth-order valence-corrected chi connectivity index (χ4v) is 2.67. The SMILES string of the molecule is CCNCc1nnc(Oc2ccc(C)cc2C(C)(C)C)s1. The molecular formula is C16H23N3OS. The molecule has 0 fully saturated rings. The molecule has 1 heterocycles. The van der Waals surface area contributed by atoms with Crippen LogP contribution in [0.5, 0.6) is 10.9 Å². The van der Waals surface area contributed by atoms with Gasteiger partial charge in [0.1, 0.15) is 10.8 Å². The fourth-order valence-electron chi connectivity index (χ4n) is 2.00. The Bertz CT molecular complexity index is 602. The summed E-state index contributed by atoms with van der Waals surface area (Å²) in [5.74, 6) is 0.860. The van der Waals surface area contributed by atoms with Crippen molar-refractivity contribution in [3.8, 4) is 10.9 Å². The van der Waals surface area contributed by atoms with Crippen LogP contribution >= 0.6 is 11.3 Å². The standard InChI is InChI=1S/C16H23N3OS/c1-6-17-10-14-18-19-15(21-14)20-13-8-7-11(2)9-12(13)16(3,4)5/h7-9,17H,6,10H2,1-5H3. The molecule has 0 aliphatic carbocycles. The Labute approximate surface area is 130 Å². The monoisotopic (exact) mass is 305 g/mol. The first-order valence-corrected chi connectivity index (χ1v) is 8.04. The smallest absolute Gasteiger partial charge is 0.299 e. The molecule has 0 bridgehead atoms. The second-order valence-electron chi connectivity index (χ2n) is 6.09. The van der Waals surface area contributed by atoms with Crippen LogP contribution in [0, 0.1) is 6.92 Å². The predicted octanol–water partition coefficient (Wildman–Crippen LogP) is 4.05. The summed E-state index contributed by atoms with van der Waals surface area (Å²) in [6.07, 6.45) is 0. The molecule has 0 unspecified atom stereocenters. The lowest BCUT2D eigenvalue weighted by Gasteiger charge is -2.22. The molecule has 5 heteroatoms. The number of benzene rings is 1. The van der Waals surface area contributed by atoms with Crippen LogP contribution in [0.3, 0.4) is 0 Å². The van der Waals surface area contributed by atoms with E-state index in [0.29, 0.717) is 5.19 Å². The van der Waals surface area contributed by atoms with E-state index < -0.39 is 0 Å². The molecule has 0 saturated carbocycles. The van der Waals surface area contributed by atoms with Gasteiger partial charge in [-0.2, -0.15) is 0 Å². The molecule has 114 valence electrons. The first-order valence-electron chi connectivity index (χ1n) is 7.22. The van der Waals surface area contributed by atoms with Gasteiger partial charge in [-0.05, 0) is 24.9 Å². The highest BCUT2D eigenvalue weighted by molar-refractivity contribution is 7.13. The molecule has 0 amide bonds. The quantitative estimate of drug-likeness (QED) is 0.905. The lowest BCUT2D eigenvalue weighted by Crippen LogP contribution is -2.12. The van der Waals surface area contributed by atoms with Crippen molar-refractivity contribution < 1.29 is 4.74 Å². The third-order valence-electron chi connectivity index (χ3n) is 3.11. The van der Waals surface area contributed by atoms with Crippen molar-refractivity contribution in [3.05, 3.63) is 34.3 Å². The second-order valence-corrected chi connectivity index (χ2v) is 7.12.